The van der Waals surface area contributed by atoms with Crippen molar-refractivity contribution >= 4 is 5.69 Å². The van der Waals surface area contributed by atoms with E-state index in [0.29, 0.717) is 12.2 Å². The van der Waals surface area contributed by atoms with Crippen LogP contribution >= 0.6 is 0 Å². The van der Waals surface area contributed by atoms with Crippen molar-refractivity contribution in [3.05, 3.63) is 65.0 Å². The Hall–Kier alpha value is -2.04. The SMILES string of the molecule is Cc1cc(F)ccc1CNc1cccc(C(F)(F)F)c1. The number of benzene rings is 2. The highest BCUT2D eigenvalue weighted by Crippen LogP contribution is 2.30. The standard InChI is InChI=1S/C15H13F4N/c1-10-7-13(16)6-5-11(10)9-20-14-4-2-3-12(8-14)15(17,18)19/h2-8,20H,9H2,1H3. The second kappa shape index (κ2) is 5.53. The Morgan fingerprint density at radius 3 is 2.45 bits per heavy atom. The van der Waals surface area contributed by atoms with Crippen LogP contribution in [0.3, 0.4) is 0 Å². The minimum Gasteiger partial charge on any atom is -0.381 e. The highest BCUT2D eigenvalue weighted by atomic mass is 19.4. The molecule has 0 unspecified atom stereocenters. The van der Waals surface area contributed by atoms with Gasteiger partial charge in [-0.15, -0.1) is 0 Å². The second-order valence-corrected chi connectivity index (χ2v) is 4.50. The molecule has 20 heavy (non-hydrogen) atoms. The van der Waals surface area contributed by atoms with Crippen LogP contribution in [0.2, 0.25) is 0 Å². The Balaban J connectivity index is 2.11. The normalized spacial score (nSPS) is 11.4. The van der Waals surface area contributed by atoms with Crippen LogP contribution in [0.25, 0.3) is 0 Å². The van der Waals surface area contributed by atoms with E-state index >= 15 is 0 Å². The summed E-state index contributed by atoms with van der Waals surface area (Å²) in [6.07, 6.45) is -4.36. The van der Waals surface area contributed by atoms with Gasteiger partial charge in [0.05, 0.1) is 5.56 Å². The molecule has 1 N–H and O–H groups in total. The maximum atomic E-state index is 12.9. The van der Waals surface area contributed by atoms with Gasteiger partial charge < -0.3 is 5.32 Å². The average Bonchev–Trinajstić information content (AvgIpc) is 2.37. The molecule has 0 bridgehead atoms. The van der Waals surface area contributed by atoms with Gasteiger partial charge in [-0.25, -0.2) is 4.39 Å². The smallest absolute Gasteiger partial charge is 0.381 e. The van der Waals surface area contributed by atoms with Gasteiger partial charge in [0.15, 0.2) is 0 Å². The molecule has 0 spiro atoms. The molecule has 106 valence electrons. The maximum absolute atomic E-state index is 12.9. The van der Waals surface area contributed by atoms with Crippen molar-refractivity contribution in [1.29, 1.82) is 0 Å². The Kier molecular flexibility index (Phi) is 3.97. The van der Waals surface area contributed by atoms with Gasteiger partial charge in [-0.3, -0.25) is 0 Å². The summed E-state index contributed by atoms with van der Waals surface area (Å²) in [5.41, 5.74) is 1.27. The number of aryl methyl sites for hydroxylation is 1. The molecule has 0 amide bonds. The van der Waals surface area contributed by atoms with Crippen molar-refractivity contribution in [1.82, 2.24) is 0 Å². The molecule has 0 saturated heterocycles. The fourth-order valence-corrected chi connectivity index (χ4v) is 1.86. The summed E-state index contributed by atoms with van der Waals surface area (Å²) in [6.45, 7) is 2.10. The summed E-state index contributed by atoms with van der Waals surface area (Å²) in [5.74, 6) is -0.328. The van der Waals surface area contributed by atoms with E-state index < -0.39 is 11.7 Å². The molecule has 1 nitrogen and oxygen atoms in total. The molecule has 5 heteroatoms. The summed E-state index contributed by atoms with van der Waals surface area (Å²) >= 11 is 0. The molecule has 0 fully saturated rings. The van der Waals surface area contributed by atoms with Crippen LogP contribution in [0.1, 0.15) is 16.7 Å². The number of hydrogen-bond acceptors (Lipinski definition) is 1. The number of rotatable bonds is 3. The van der Waals surface area contributed by atoms with Gasteiger partial charge in [-0.1, -0.05) is 12.1 Å². The van der Waals surface area contributed by atoms with Crippen LogP contribution in [0, 0.1) is 12.7 Å². The summed E-state index contributed by atoms with van der Waals surface area (Å²) in [7, 11) is 0. The van der Waals surface area contributed by atoms with Crippen LogP contribution in [0.5, 0.6) is 0 Å². The van der Waals surface area contributed by atoms with Gasteiger partial charge >= 0.3 is 6.18 Å². The topological polar surface area (TPSA) is 12.0 Å². The lowest BCUT2D eigenvalue weighted by molar-refractivity contribution is -0.137. The van der Waals surface area contributed by atoms with Gasteiger partial charge in [-0.05, 0) is 48.4 Å². The largest absolute Gasteiger partial charge is 0.416 e. The van der Waals surface area contributed by atoms with Crippen LogP contribution in [-0.2, 0) is 12.7 Å². The van der Waals surface area contributed by atoms with Crippen LogP contribution in [0.4, 0.5) is 23.2 Å². The Bertz CT molecular complexity index is 605. The minimum absolute atomic E-state index is 0.328. The summed E-state index contributed by atoms with van der Waals surface area (Å²) in [5, 5.41) is 2.91. The second-order valence-electron chi connectivity index (χ2n) is 4.50. The molecular formula is C15H13F4N. The Morgan fingerprint density at radius 1 is 1.05 bits per heavy atom. The van der Waals surface area contributed by atoms with E-state index in [4.69, 9.17) is 0 Å². The van der Waals surface area contributed by atoms with E-state index in [1.807, 2.05) is 0 Å². The van der Waals surface area contributed by atoms with Gasteiger partial charge in [0.1, 0.15) is 5.82 Å². The zero-order valence-corrected chi connectivity index (χ0v) is 10.8. The lowest BCUT2D eigenvalue weighted by Crippen LogP contribution is -2.07. The van der Waals surface area contributed by atoms with Crippen molar-refractivity contribution in [3.8, 4) is 0 Å². The number of alkyl halides is 3. The molecule has 0 aliphatic heterocycles. The first kappa shape index (κ1) is 14.4. The monoisotopic (exact) mass is 283 g/mol. The van der Waals surface area contributed by atoms with Crippen LogP contribution in [0.15, 0.2) is 42.5 Å². The predicted octanol–water partition coefficient (Wildman–Crippen LogP) is 4.77. The summed E-state index contributed by atoms with van der Waals surface area (Å²) < 4.78 is 50.7. The molecule has 0 aliphatic rings. The lowest BCUT2D eigenvalue weighted by Gasteiger charge is -2.12. The fraction of sp³-hybridized carbons (Fsp3) is 0.200. The summed E-state index contributed by atoms with van der Waals surface area (Å²) in [6, 6.07) is 9.33. The van der Waals surface area contributed by atoms with Crippen molar-refractivity contribution in [2.24, 2.45) is 0 Å². The Labute approximate surface area is 114 Å². The lowest BCUT2D eigenvalue weighted by atomic mass is 10.1. The number of nitrogens with one attached hydrogen (secondary N) is 1. The molecule has 0 heterocycles. The quantitative estimate of drug-likeness (QED) is 0.800. The van der Waals surface area contributed by atoms with Gasteiger partial charge in [0.25, 0.3) is 0 Å². The number of hydrogen-bond donors (Lipinski definition) is 1. The molecule has 2 aromatic carbocycles. The van der Waals surface area contributed by atoms with Crippen molar-refractivity contribution in [2.75, 3.05) is 5.32 Å². The first-order chi connectivity index (χ1) is 9.36. The molecule has 0 atom stereocenters. The maximum Gasteiger partial charge on any atom is 0.416 e. The van der Waals surface area contributed by atoms with Crippen molar-refractivity contribution < 1.29 is 17.6 Å². The van der Waals surface area contributed by atoms with Crippen LogP contribution in [-0.4, -0.2) is 0 Å². The molecule has 0 aromatic heterocycles. The first-order valence-corrected chi connectivity index (χ1v) is 6.02. The third kappa shape index (κ3) is 3.50. The Morgan fingerprint density at radius 2 is 1.80 bits per heavy atom. The summed E-state index contributed by atoms with van der Waals surface area (Å²) in [4.78, 5) is 0. The molecule has 0 aliphatic carbocycles. The molecule has 0 radical (unpaired) electrons. The zero-order chi connectivity index (χ0) is 14.8. The highest BCUT2D eigenvalue weighted by Gasteiger charge is 2.30. The van der Waals surface area contributed by atoms with Gasteiger partial charge in [0, 0.05) is 12.2 Å². The van der Waals surface area contributed by atoms with Crippen molar-refractivity contribution in [3.63, 3.8) is 0 Å². The first-order valence-electron chi connectivity index (χ1n) is 6.02. The van der Waals surface area contributed by atoms with E-state index in [-0.39, 0.29) is 5.82 Å². The van der Waals surface area contributed by atoms with E-state index in [2.05, 4.69) is 5.32 Å². The van der Waals surface area contributed by atoms with E-state index in [9.17, 15) is 17.6 Å². The zero-order valence-electron chi connectivity index (χ0n) is 10.8. The van der Waals surface area contributed by atoms with Gasteiger partial charge in [0.2, 0.25) is 0 Å². The van der Waals surface area contributed by atoms with Crippen molar-refractivity contribution in [2.45, 2.75) is 19.6 Å². The van der Waals surface area contributed by atoms with Gasteiger partial charge in [-0.2, -0.15) is 13.2 Å². The predicted molar refractivity (Wildman–Crippen MR) is 69.9 cm³/mol. The fourth-order valence-electron chi connectivity index (χ4n) is 1.86. The molecular weight excluding hydrogens is 270 g/mol. The number of halogens is 4. The van der Waals surface area contributed by atoms with E-state index in [0.717, 1.165) is 23.3 Å². The van der Waals surface area contributed by atoms with Crippen LogP contribution < -0.4 is 5.32 Å². The molecule has 2 aromatic rings. The molecule has 2 rings (SSSR count). The third-order valence-corrected chi connectivity index (χ3v) is 2.98. The third-order valence-electron chi connectivity index (χ3n) is 2.98. The van der Waals surface area contributed by atoms with E-state index in [1.165, 1.54) is 18.2 Å². The van der Waals surface area contributed by atoms with E-state index in [1.54, 1.807) is 19.1 Å². The minimum atomic E-state index is -4.36. The highest BCUT2D eigenvalue weighted by molar-refractivity contribution is 5.47. The number of anilines is 1. The molecule has 0 saturated carbocycles. The average molecular weight is 283 g/mol.